The molecule has 0 bridgehead atoms. The normalized spacial score (nSPS) is 10.9. The third kappa shape index (κ3) is 4.99. The van der Waals surface area contributed by atoms with Gasteiger partial charge in [0.2, 0.25) is 5.88 Å². The van der Waals surface area contributed by atoms with Crippen LogP contribution in [0.1, 0.15) is 5.56 Å². The SMILES string of the molecule is Fc1ccc(COc2ccc(-c3ccc(Cl)cc3)c(-c3ccc(Cl)cc3Cl)n2)c(F)c1. The molecule has 0 unspecified atom stereocenters. The highest BCUT2D eigenvalue weighted by Crippen LogP contribution is 2.37. The van der Waals surface area contributed by atoms with Gasteiger partial charge >= 0.3 is 0 Å². The minimum Gasteiger partial charge on any atom is -0.473 e. The van der Waals surface area contributed by atoms with E-state index in [0.717, 1.165) is 17.2 Å². The van der Waals surface area contributed by atoms with Gasteiger partial charge in [-0.2, -0.15) is 0 Å². The maximum Gasteiger partial charge on any atom is 0.214 e. The molecule has 0 aliphatic rings. The second-order valence-electron chi connectivity index (χ2n) is 6.70. The minimum absolute atomic E-state index is 0.104. The fourth-order valence-electron chi connectivity index (χ4n) is 3.06. The molecule has 7 heteroatoms. The van der Waals surface area contributed by atoms with Crippen LogP contribution in [0.4, 0.5) is 8.78 Å². The Kier molecular flexibility index (Phi) is 6.42. The third-order valence-corrected chi connectivity index (χ3v) is 5.40. The van der Waals surface area contributed by atoms with Crippen LogP contribution in [0.5, 0.6) is 5.88 Å². The van der Waals surface area contributed by atoms with Crippen LogP contribution < -0.4 is 4.74 Å². The highest BCUT2D eigenvalue weighted by molar-refractivity contribution is 6.36. The summed E-state index contributed by atoms with van der Waals surface area (Å²) in [6, 6.07) is 19.3. The summed E-state index contributed by atoms with van der Waals surface area (Å²) < 4.78 is 32.7. The number of aromatic nitrogens is 1. The third-order valence-electron chi connectivity index (χ3n) is 4.60. The Balaban J connectivity index is 1.74. The van der Waals surface area contributed by atoms with Gasteiger partial charge in [-0.25, -0.2) is 13.8 Å². The van der Waals surface area contributed by atoms with Gasteiger partial charge in [-0.3, -0.25) is 0 Å². The lowest BCUT2D eigenvalue weighted by Crippen LogP contribution is -2.01. The number of rotatable bonds is 5. The van der Waals surface area contributed by atoms with Gasteiger partial charge in [0, 0.05) is 38.9 Å². The molecular weight excluding hydrogens is 463 g/mol. The van der Waals surface area contributed by atoms with E-state index in [1.165, 1.54) is 12.1 Å². The molecule has 0 spiro atoms. The first-order valence-corrected chi connectivity index (χ1v) is 10.3. The largest absolute Gasteiger partial charge is 0.473 e. The van der Waals surface area contributed by atoms with Gasteiger partial charge in [0.25, 0.3) is 0 Å². The molecule has 2 nitrogen and oxygen atoms in total. The van der Waals surface area contributed by atoms with Crippen LogP contribution in [0.15, 0.2) is 72.8 Å². The number of ether oxygens (including phenoxy) is 1. The van der Waals surface area contributed by atoms with Crippen LogP contribution in [-0.2, 0) is 6.61 Å². The summed E-state index contributed by atoms with van der Waals surface area (Å²) in [5.74, 6) is -1.06. The van der Waals surface area contributed by atoms with Crippen molar-refractivity contribution in [2.45, 2.75) is 6.61 Å². The Bertz CT molecular complexity index is 1250. The van der Waals surface area contributed by atoms with Gasteiger partial charge in [-0.1, -0.05) is 46.9 Å². The molecule has 4 rings (SSSR count). The highest BCUT2D eigenvalue weighted by atomic mass is 35.5. The zero-order valence-corrected chi connectivity index (χ0v) is 18.1. The molecule has 0 saturated carbocycles. The van der Waals surface area contributed by atoms with Crippen molar-refractivity contribution in [1.82, 2.24) is 4.98 Å². The summed E-state index contributed by atoms with van der Waals surface area (Å²) in [6.45, 7) is -0.104. The summed E-state index contributed by atoms with van der Waals surface area (Å²) in [5.41, 5.74) is 3.14. The summed E-state index contributed by atoms with van der Waals surface area (Å²) in [4.78, 5) is 4.62. The van der Waals surface area contributed by atoms with Crippen LogP contribution in [0.25, 0.3) is 22.4 Å². The summed E-state index contributed by atoms with van der Waals surface area (Å²) in [7, 11) is 0. The summed E-state index contributed by atoms with van der Waals surface area (Å²) in [5, 5.41) is 1.54. The average Bonchev–Trinajstić information content (AvgIpc) is 2.74. The minimum atomic E-state index is -0.682. The molecule has 0 aliphatic carbocycles. The number of hydrogen-bond acceptors (Lipinski definition) is 2. The molecule has 0 amide bonds. The Hall–Kier alpha value is -2.66. The fourth-order valence-corrected chi connectivity index (χ4v) is 3.69. The van der Waals surface area contributed by atoms with Gasteiger partial charge in [0.05, 0.1) is 10.7 Å². The van der Waals surface area contributed by atoms with Crippen molar-refractivity contribution in [3.05, 3.63) is 105 Å². The monoisotopic (exact) mass is 475 g/mol. The van der Waals surface area contributed by atoms with E-state index in [1.54, 1.807) is 36.4 Å². The van der Waals surface area contributed by atoms with Crippen molar-refractivity contribution in [2.24, 2.45) is 0 Å². The van der Waals surface area contributed by atoms with E-state index in [-0.39, 0.29) is 18.1 Å². The van der Waals surface area contributed by atoms with E-state index in [1.807, 2.05) is 18.2 Å². The van der Waals surface area contributed by atoms with E-state index < -0.39 is 11.6 Å². The lowest BCUT2D eigenvalue weighted by molar-refractivity contribution is 0.288. The summed E-state index contributed by atoms with van der Waals surface area (Å²) in [6.07, 6.45) is 0. The number of halogens is 5. The number of hydrogen-bond donors (Lipinski definition) is 0. The molecule has 0 fully saturated rings. The first-order chi connectivity index (χ1) is 14.9. The maximum absolute atomic E-state index is 13.9. The molecule has 3 aromatic carbocycles. The molecule has 0 radical (unpaired) electrons. The number of nitrogens with zero attached hydrogens (tertiary/aromatic N) is 1. The first kappa shape index (κ1) is 21.6. The van der Waals surface area contributed by atoms with Gasteiger partial charge in [-0.15, -0.1) is 0 Å². The van der Waals surface area contributed by atoms with E-state index in [0.29, 0.717) is 26.3 Å². The molecule has 156 valence electrons. The molecule has 4 aromatic rings. The zero-order chi connectivity index (χ0) is 22.0. The van der Waals surface area contributed by atoms with Crippen molar-refractivity contribution < 1.29 is 13.5 Å². The Morgan fingerprint density at radius 3 is 2.16 bits per heavy atom. The molecular formula is C24H14Cl3F2NO. The van der Waals surface area contributed by atoms with Crippen molar-refractivity contribution in [3.63, 3.8) is 0 Å². The lowest BCUT2D eigenvalue weighted by atomic mass is 9.99. The van der Waals surface area contributed by atoms with Crippen LogP contribution in [0.2, 0.25) is 15.1 Å². The number of pyridine rings is 1. The second-order valence-corrected chi connectivity index (χ2v) is 7.98. The van der Waals surface area contributed by atoms with Gasteiger partial charge in [0.1, 0.15) is 18.2 Å². The Morgan fingerprint density at radius 2 is 1.45 bits per heavy atom. The number of benzene rings is 3. The highest BCUT2D eigenvalue weighted by Gasteiger charge is 2.15. The lowest BCUT2D eigenvalue weighted by Gasteiger charge is -2.14. The van der Waals surface area contributed by atoms with Crippen molar-refractivity contribution in [1.29, 1.82) is 0 Å². The Labute approximate surface area is 193 Å². The molecule has 0 saturated heterocycles. The van der Waals surface area contributed by atoms with Crippen molar-refractivity contribution in [3.8, 4) is 28.3 Å². The zero-order valence-electron chi connectivity index (χ0n) is 15.9. The molecule has 31 heavy (non-hydrogen) atoms. The quantitative estimate of drug-likeness (QED) is 0.289. The van der Waals surface area contributed by atoms with E-state index in [4.69, 9.17) is 39.5 Å². The summed E-state index contributed by atoms with van der Waals surface area (Å²) >= 11 is 18.5. The van der Waals surface area contributed by atoms with Gasteiger partial charge < -0.3 is 4.74 Å². The predicted molar refractivity (Wildman–Crippen MR) is 121 cm³/mol. The van der Waals surface area contributed by atoms with Crippen LogP contribution in [0.3, 0.4) is 0 Å². The van der Waals surface area contributed by atoms with Crippen molar-refractivity contribution in [2.75, 3.05) is 0 Å². The van der Waals surface area contributed by atoms with Crippen molar-refractivity contribution >= 4 is 34.8 Å². The fraction of sp³-hybridized carbons (Fsp3) is 0.0417. The van der Waals surface area contributed by atoms with Gasteiger partial charge in [0.15, 0.2) is 0 Å². The first-order valence-electron chi connectivity index (χ1n) is 9.20. The maximum atomic E-state index is 13.9. The smallest absolute Gasteiger partial charge is 0.214 e. The topological polar surface area (TPSA) is 22.1 Å². The predicted octanol–water partition coefficient (Wildman–Crippen LogP) is 8.23. The standard InChI is InChI=1S/C24H14Cl3F2NO/c25-16-4-1-14(2-5-16)19-9-10-23(31-13-15-3-7-18(28)12-22(15)29)30-24(19)20-8-6-17(26)11-21(20)27/h1-12H,13H2. The molecule has 1 heterocycles. The van der Waals surface area contributed by atoms with Crippen LogP contribution >= 0.6 is 34.8 Å². The van der Waals surface area contributed by atoms with E-state index in [2.05, 4.69) is 4.98 Å². The van der Waals surface area contributed by atoms with Gasteiger partial charge in [-0.05, 0) is 54.1 Å². The van der Waals surface area contributed by atoms with E-state index in [9.17, 15) is 8.78 Å². The molecule has 0 N–H and O–H groups in total. The molecule has 0 aliphatic heterocycles. The average molecular weight is 477 g/mol. The van der Waals surface area contributed by atoms with Crippen LogP contribution in [0, 0.1) is 11.6 Å². The Morgan fingerprint density at radius 1 is 0.742 bits per heavy atom. The van der Waals surface area contributed by atoms with E-state index >= 15 is 0 Å². The molecule has 0 atom stereocenters. The van der Waals surface area contributed by atoms with Crippen LogP contribution in [-0.4, -0.2) is 4.98 Å². The molecule has 1 aromatic heterocycles. The second kappa shape index (κ2) is 9.23.